The molecule has 0 heterocycles. The smallest absolute Gasteiger partial charge is 0.336 e. The van der Waals surface area contributed by atoms with Gasteiger partial charge >= 0.3 is 29.8 Å². The third kappa shape index (κ3) is 7.62. The number of carbonyl (C=O) groups is 5. The number of carbonyl (C=O) groups excluding carboxylic acids is 2. The highest BCUT2D eigenvalue weighted by Crippen LogP contribution is 2.17. The van der Waals surface area contributed by atoms with Gasteiger partial charge < -0.3 is 25.2 Å². The second-order valence-corrected chi connectivity index (χ2v) is 4.18. The van der Waals surface area contributed by atoms with Crippen LogP contribution in [0.2, 0.25) is 0 Å². The molecule has 0 amide bonds. The molecule has 0 fully saturated rings. The molecule has 1 atom stereocenters. The molecule has 21 heavy (non-hydrogen) atoms. The van der Waals surface area contributed by atoms with Crippen molar-refractivity contribution in [2.45, 2.75) is 37.7 Å². The quantitative estimate of drug-likeness (QED) is 0.305. The maximum Gasteiger partial charge on any atom is 0.336 e. The number of hydrogen-bond donors (Lipinski definition) is 4. The standard InChI is InChI=1S/C11H14O10/c12-6(13)2-1-3-8(16)21-9(17)5-11(20,10(18)19)4-7(14)15/h20H,1-5H2,(H,12,13)(H,14,15)(H,18,19). The monoisotopic (exact) mass is 306 g/mol. The fourth-order valence-electron chi connectivity index (χ4n) is 1.30. The highest BCUT2D eigenvalue weighted by atomic mass is 16.6. The Balaban J connectivity index is 4.44. The van der Waals surface area contributed by atoms with Crippen LogP contribution in [0, 0.1) is 0 Å². The normalized spacial score (nSPS) is 13.0. The summed E-state index contributed by atoms with van der Waals surface area (Å²) in [6.45, 7) is 0. The molecule has 118 valence electrons. The molecule has 10 heteroatoms. The molecule has 0 saturated carbocycles. The van der Waals surface area contributed by atoms with Gasteiger partial charge in [0, 0.05) is 12.8 Å². The van der Waals surface area contributed by atoms with Crippen LogP contribution in [0.4, 0.5) is 0 Å². The van der Waals surface area contributed by atoms with Crippen LogP contribution in [0.1, 0.15) is 32.1 Å². The van der Waals surface area contributed by atoms with Gasteiger partial charge in [-0.1, -0.05) is 0 Å². The molecule has 0 aromatic rings. The van der Waals surface area contributed by atoms with E-state index in [-0.39, 0.29) is 19.3 Å². The van der Waals surface area contributed by atoms with E-state index in [1.165, 1.54) is 0 Å². The molecule has 0 aliphatic rings. The van der Waals surface area contributed by atoms with Crippen LogP contribution in [-0.2, 0) is 28.7 Å². The summed E-state index contributed by atoms with van der Waals surface area (Å²) in [5, 5.41) is 35.0. The van der Waals surface area contributed by atoms with Crippen LogP contribution < -0.4 is 0 Å². The Bertz CT molecular complexity index is 454. The Morgan fingerprint density at radius 2 is 1.38 bits per heavy atom. The number of carboxylic acids is 3. The van der Waals surface area contributed by atoms with E-state index in [9.17, 15) is 29.1 Å². The molecule has 0 radical (unpaired) electrons. The highest BCUT2D eigenvalue weighted by Gasteiger charge is 2.41. The lowest BCUT2D eigenvalue weighted by Gasteiger charge is -2.19. The van der Waals surface area contributed by atoms with Crippen molar-refractivity contribution in [2.24, 2.45) is 0 Å². The van der Waals surface area contributed by atoms with Crippen LogP contribution in [0.15, 0.2) is 0 Å². The maximum atomic E-state index is 11.3. The van der Waals surface area contributed by atoms with Gasteiger partial charge in [-0.05, 0) is 6.42 Å². The molecule has 0 saturated heterocycles. The summed E-state index contributed by atoms with van der Waals surface area (Å²) in [6, 6.07) is 0. The Morgan fingerprint density at radius 1 is 0.810 bits per heavy atom. The molecule has 4 N–H and O–H groups in total. The second kappa shape index (κ2) is 7.94. The van der Waals surface area contributed by atoms with E-state index in [1.807, 2.05) is 0 Å². The number of carboxylic acid groups (broad SMARTS) is 3. The zero-order valence-electron chi connectivity index (χ0n) is 10.8. The molecule has 0 rings (SSSR count). The average molecular weight is 306 g/mol. The molecular weight excluding hydrogens is 292 g/mol. The Kier molecular flexibility index (Phi) is 7.00. The zero-order valence-corrected chi connectivity index (χ0v) is 10.8. The van der Waals surface area contributed by atoms with Crippen molar-refractivity contribution in [2.75, 3.05) is 0 Å². The van der Waals surface area contributed by atoms with Crippen LogP contribution in [0.25, 0.3) is 0 Å². The molecule has 0 aliphatic heterocycles. The Hall–Kier alpha value is -2.49. The molecule has 10 nitrogen and oxygen atoms in total. The minimum Gasteiger partial charge on any atom is -0.481 e. The first-order valence-corrected chi connectivity index (χ1v) is 5.69. The Morgan fingerprint density at radius 3 is 1.81 bits per heavy atom. The molecule has 0 aliphatic carbocycles. The number of ether oxygens (including phenoxy) is 1. The summed E-state index contributed by atoms with van der Waals surface area (Å²) in [6.07, 6.45) is -3.26. The Labute approximate surface area is 117 Å². The predicted octanol–water partition coefficient (Wildman–Crippen LogP) is -1.01. The van der Waals surface area contributed by atoms with Crippen molar-refractivity contribution in [1.82, 2.24) is 0 Å². The average Bonchev–Trinajstić information content (AvgIpc) is 2.25. The molecule has 1 unspecified atom stereocenters. The van der Waals surface area contributed by atoms with Crippen molar-refractivity contribution < 1.29 is 49.1 Å². The largest absolute Gasteiger partial charge is 0.481 e. The van der Waals surface area contributed by atoms with Gasteiger partial charge in [-0.15, -0.1) is 0 Å². The van der Waals surface area contributed by atoms with Gasteiger partial charge in [0.2, 0.25) is 0 Å². The van der Waals surface area contributed by atoms with Crippen LogP contribution in [-0.4, -0.2) is 55.9 Å². The van der Waals surface area contributed by atoms with Gasteiger partial charge in [-0.3, -0.25) is 19.2 Å². The summed E-state index contributed by atoms with van der Waals surface area (Å²) in [5.74, 6) is -7.25. The number of aliphatic hydroxyl groups is 1. The van der Waals surface area contributed by atoms with Crippen molar-refractivity contribution >= 4 is 29.8 Å². The van der Waals surface area contributed by atoms with Gasteiger partial charge in [0.25, 0.3) is 0 Å². The van der Waals surface area contributed by atoms with Gasteiger partial charge in [-0.25, -0.2) is 4.79 Å². The topological polar surface area (TPSA) is 175 Å². The summed E-state index contributed by atoms with van der Waals surface area (Å²) in [7, 11) is 0. The fraction of sp³-hybridized carbons (Fsp3) is 0.545. The first kappa shape index (κ1) is 18.5. The van der Waals surface area contributed by atoms with Gasteiger partial charge in [0.15, 0.2) is 5.60 Å². The number of aliphatic carboxylic acids is 3. The van der Waals surface area contributed by atoms with Crippen molar-refractivity contribution in [3.8, 4) is 0 Å². The summed E-state index contributed by atoms with van der Waals surface area (Å²) < 4.78 is 4.17. The zero-order chi connectivity index (χ0) is 16.6. The minimum atomic E-state index is -2.88. The minimum absolute atomic E-state index is 0.0836. The number of hydrogen-bond acceptors (Lipinski definition) is 7. The lowest BCUT2D eigenvalue weighted by Crippen LogP contribution is -2.43. The molecule has 0 aromatic heterocycles. The first-order valence-electron chi connectivity index (χ1n) is 5.69. The maximum absolute atomic E-state index is 11.3. The van der Waals surface area contributed by atoms with E-state index in [1.54, 1.807) is 0 Å². The van der Waals surface area contributed by atoms with Gasteiger partial charge in [-0.2, -0.15) is 0 Å². The van der Waals surface area contributed by atoms with E-state index >= 15 is 0 Å². The first-order chi connectivity index (χ1) is 9.56. The third-order valence-electron chi connectivity index (χ3n) is 2.28. The number of rotatable bonds is 9. The summed E-state index contributed by atoms with van der Waals surface area (Å²) >= 11 is 0. The van der Waals surface area contributed by atoms with E-state index in [0.29, 0.717) is 0 Å². The molecule has 0 bridgehead atoms. The lowest BCUT2D eigenvalue weighted by molar-refractivity contribution is -0.174. The highest BCUT2D eigenvalue weighted by molar-refractivity contribution is 5.92. The van der Waals surface area contributed by atoms with Gasteiger partial charge in [0.05, 0.1) is 12.8 Å². The van der Waals surface area contributed by atoms with E-state index in [0.717, 1.165) is 0 Å². The summed E-state index contributed by atoms with van der Waals surface area (Å²) in [4.78, 5) is 53.8. The summed E-state index contributed by atoms with van der Waals surface area (Å²) in [5.41, 5.74) is -2.88. The van der Waals surface area contributed by atoms with Gasteiger partial charge in [0.1, 0.15) is 0 Å². The predicted molar refractivity (Wildman–Crippen MR) is 62.0 cm³/mol. The van der Waals surface area contributed by atoms with Crippen LogP contribution in [0.5, 0.6) is 0 Å². The van der Waals surface area contributed by atoms with Crippen LogP contribution >= 0.6 is 0 Å². The van der Waals surface area contributed by atoms with E-state index < -0.39 is 48.3 Å². The fourth-order valence-corrected chi connectivity index (χ4v) is 1.30. The van der Waals surface area contributed by atoms with E-state index in [2.05, 4.69) is 4.74 Å². The second-order valence-electron chi connectivity index (χ2n) is 4.18. The SMILES string of the molecule is O=C(O)CCCC(=O)OC(=O)CC(O)(CC(=O)O)C(=O)O. The van der Waals surface area contributed by atoms with E-state index in [4.69, 9.17) is 15.3 Å². The van der Waals surface area contributed by atoms with Crippen LogP contribution in [0.3, 0.4) is 0 Å². The molecule has 0 spiro atoms. The third-order valence-corrected chi connectivity index (χ3v) is 2.28. The van der Waals surface area contributed by atoms with Crippen molar-refractivity contribution in [1.29, 1.82) is 0 Å². The van der Waals surface area contributed by atoms with Crippen molar-refractivity contribution in [3.05, 3.63) is 0 Å². The number of esters is 2. The van der Waals surface area contributed by atoms with Crippen molar-refractivity contribution in [3.63, 3.8) is 0 Å². The molecule has 0 aromatic carbocycles. The lowest BCUT2D eigenvalue weighted by atomic mass is 9.96. The molecular formula is C11H14O10.